The molecule has 84 valence electrons. The molecule has 0 N–H and O–H groups in total. The number of benzene rings is 1. The van der Waals surface area contributed by atoms with Crippen LogP contribution < -0.4 is 4.90 Å². The molecule has 1 saturated carbocycles. The zero-order chi connectivity index (χ0) is 11.1. The molecule has 2 aliphatic rings. The Morgan fingerprint density at radius 1 is 1.38 bits per heavy atom. The molecule has 1 aliphatic heterocycles. The van der Waals surface area contributed by atoms with Crippen LogP contribution in [0.5, 0.6) is 0 Å². The summed E-state index contributed by atoms with van der Waals surface area (Å²) in [6, 6.07) is 6.92. The van der Waals surface area contributed by atoms with Crippen LogP contribution in [0, 0.1) is 0 Å². The molecule has 0 atom stereocenters. The largest absolute Gasteiger partial charge is 0.368 e. The Morgan fingerprint density at radius 3 is 2.81 bits per heavy atom. The molecule has 1 aromatic carbocycles. The Hall–Kier alpha value is -1.31. The van der Waals surface area contributed by atoms with Crippen molar-refractivity contribution >= 4 is 11.5 Å². The van der Waals surface area contributed by atoms with Gasteiger partial charge in [0.05, 0.1) is 0 Å². The van der Waals surface area contributed by atoms with Gasteiger partial charge in [0.15, 0.2) is 5.78 Å². The lowest BCUT2D eigenvalue weighted by molar-refractivity contribution is 0.101. The molecule has 1 heterocycles. The number of Topliss-reactive ketones (excluding diaryl/α,β-unsaturated/α-hetero) is 1. The number of carbonyl (C=O) groups is 1. The molecule has 0 spiro atoms. The molecule has 0 radical (unpaired) electrons. The van der Waals surface area contributed by atoms with E-state index in [2.05, 4.69) is 17.0 Å². The van der Waals surface area contributed by atoms with E-state index in [1.54, 1.807) is 6.92 Å². The van der Waals surface area contributed by atoms with E-state index in [1.165, 1.54) is 30.5 Å². The molecule has 0 saturated heterocycles. The van der Waals surface area contributed by atoms with Gasteiger partial charge in [-0.05, 0) is 44.2 Å². The predicted octanol–water partition coefficient (Wildman–Crippen LogP) is 2.80. The highest BCUT2D eigenvalue weighted by molar-refractivity contribution is 5.95. The summed E-state index contributed by atoms with van der Waals surface area (Å²) < 4.78 is 0. The highest BCUT2D eigenvalue weighted by Crippen LogP contribution is 2.36. The maximum Gasteiger partial charge on any atom is 0.159 e. The van der Waals surface area contributed by atoms with E-state index < -0.39 is 0 Å². The molecular formula is C14H17NO. The minimum atomic E-state index is 0.170. The summed E-state index contributed by atoms with van der Waals surface area (Å²) >= 11 is 0. The first-order chi connectivity index (χ1) is 7.75. The number of anilines is 1. The molecule has 16 heavy (non-hydrogen) atoms. The third kappa shape index (κ3) is 1.44. The summed E-state index contributed by atoms with van der Waals surface area (Å²) in [5.74, 6) is 0.170. The van der Waals surface area contributed by atoms with Crippen molar-refractivity contribution < 1.29 is 4.79 Å². The average molecular weight is 215 g/mol. The zero-order valence-electron chi connectivity index (χ0n) is 9.70. The van der Waals surface area contributed by atoms with Gasteiger partial charge >= 0.3 is 0 Å². The third-order valence-corrected chi connectivity index (χ3v) is 3.94. The summed E-state index contributed by atoms with van der Waals surface area (Å²) in [5, 5.41) is 0. The lowest BCUT2D eigenvalue weighted by Crippen LogP contribution is -2.38. The monoisotopic (exact) mass is 215 g/mol. The number of rotatable bonds is 2. The van der Waals surface area contributed by atoms with Crippen LogP contribution in [-0.4, -0.2) is 18.4 Å². The van der Waals surface area contributed by atoms with Crippen LogP contribution in [0.25, 0.3) is 0 Å². The Bertz CT molecular complexity index is 434. The molecule has 2 nitrogen and oxygen atoms in total. The second-order valence-corrected chi connectivity index (χ2v) is 4.93. The topological polar surface area (TPSA) is 20.3 Å². The van der Waals surface area contributed by atoms with Crippen LogP contribution in [0.4, 0.5) is 5.69 Å². The minimum Gasteiger partial charge on any atom is -0.368 e. The molecule has 0 amide bonds. The van der Waals surface area contributed by atoms with E-state index in [9.17, 15) is 4.79 Å². The van der Waals surface area contributed by atoms with E-state index in [0.717, 1.165) is 24.6 Å². The summed E-state index contributed by atoms with van der Waals surface area (Å²) in [7, 11) is 0. The summed E-state index contributed by atoms with van der Waals surface area (Å²) in [6.07, 6.45) is 5.15. The number of fused-ring (bicyclic) bond motifs is 1. The molecule has 1 aromatic rings. The van der Waals surface area contributed by atoms with Crippen molar-refractivity contribution in [3.63, 3.8) is 0 Å². The van der Waals surface area contributed by atoms with Crippen LogP contribution in [-0.2, 0) is 6.42 Å². The number of carbonyl (C=O) groups excluding carboxylic acids is 1. The first kappa shape index (κ1) is 9.88. The summed E-state index contributed by atoms with van der Waals surface area (Å²) in [4.78, 5) is 13.9. The Balaban J connectivity index is 1.96. The normalized spacial score (nSPS) is 19.4. The second-order valence-electron chi connectivity index (χ2n) is 4.93. The van der Waals surface area contributed by atoms with Crippen molar-refractivity contribution in [3.05, 3.63) is 29.3 Å². The maximum atomic E-state index is 11.4. The fourth-order valence-electron chi connectivity index (χ4n) is 2.70. The van der Waals surface area contributed by atoms with Gasteiger partial charge in [0.25, 0.3) is 0 Å². The van der Waals surface area contributed by atoms with E-state index in [-0.39, 0.29) is 5.78 Å². The molecule has 1 fully saturated rings. The van der Waals surface area contributed by atoms with Crippen molar-refractivity contribution in [2.75, 3.05) is 11.4 Å². The van der Waals surface area contributed by atoms with Gasteiger partial charge in [-0.3, -0.25) is 4.79 Å². The fourth-order valence-corrected chi connectivity index (χ4v) is 2.70. The molecule has 1 aliphatic carbocycles. The highest BCUT2D eigenvalue weighted by Gasteiger charge is 2.30. The van der Waals surface area contributed by atoms with Crippen LogP contribution in [0.15, 0.2) is 18.2 Å². The molecular weight excluding hydrogens is 198 g/mol. The number of ketones is 1. The Kier molecular flexibility index (Phi) is 2.23. The van der Waals surface area contributed by atoms with E-state index in [1.807, 2.05) is 6.07 Å². The van der Waals surface area contributed by atoms with Crippen molar-refractivity contribution in [1.29, 1.82) is 0 Å². The average Bonchev–Trinajstić information content (AvgIpc) is 2.59. The van der Waals surface area contributed by atoms with E-state index in [4.69, 9.17) is 0 Å². The number of nitrogens with zero attached hydrogens (tertiary/aromatic N) is 1. The van der Waals surface area contributed by atoms with Gasteiger partial charge in [0, 0.05) is 23.8 Å². The molecule has 0 aromatic heterocycles. The summed E-state index contributed by atoms with van der Waals surface area (Å²) in [5.41, 5.74) is 3.58. The van der Waals surface area contributed by atoms with Crippen molar-refractivity contribution in [2.24, 2.45) is 0 Å². The number of hydrogen-bond donors (Lipinski definition) is 0. The van der Waals surface area contributed by atoms with Gasteiger partial charge in [0.2, 0.25) is 0 Å². The lowest BCUT2D eigenvalue weighted by Gasteiger charge is -2.36. The molecule has 3 rings (SSSR count). The summed E-state index contributed by atoms with van der Waals surface area (Å²) in [6.45, 7) is 2.78. The van der Waals surface area contributed by atoms with Crippen molar-refractivity contribution in [2.45, 2.75) is 38.6 Å². The van der Waals surface area contributed by atoms with Gasteiger partial charge in [-0.1, -0.05) is 12.1 Å². The maximum absolute atomic E-state index is 11.4. The predicted molar refractivity (Wildman–Crippen MR) is 65.1 cm³/mol. The third-order valence-electron chi connectivity index (χ3n) is 3.94. The zero-order valence-corrected chi connectivity index (χ0v) is 9.70. The lowest BCUT2D eigenvalue weighted by atomic mass is 9.91. The standard InChI is InChI=1S/C14H17NO/c1-10(16)12-6-5-11-7-8-15(14(11)9-12)13-3-2-4-13/h5-6,9,13H,2-4,7-8H2,1H3. The molecule has 2 heteroatoms. The van der Waals surface area contributed by atoms with Gasteiger partial charge in [-0.2, -0.15) is 0 Å². The van der Waals surface area contributed by atoms with Crippen molar-refractivity contribution in [3.8, 4) is 0 Å². The minimum absolute atomic E-state index is 0.170. The van der Waals surface area contributed by atoms with E-state index in [0.29, 0.717) is 0 Å². The SMILES string of the molecule is CC(=O)c1ccc2c(c1)N(C1CCC1)CC2. The highest BCUT2D eigenvalue weighted by atomic mass is 16.1. The van der Waals surface area contributed by atoms with Crippen LogP contribution >= 0.6 is 0 Å². The van der Waals surface area contributed by atoms with Crippen LogP contribution in [0.3, 0.4) is 0 Å². The molecule has 0 bridgehead atoms. The fraction of sp³-hybridized carbons (Fsp3) is 0.500. The first-order valence-corrected chi connectivity index (χ1v) is 6.16. The van der Waals surface area contributed by atoms with E-state index >= 15 is 0 Å². The quantitative estimate of drug-likeness (QED) is 0.707. The van der Waals surface area contributed by atoms with Gasteiger partial charge in [-0.15, -0.1) is 0 Å². The first-order valence-electron chi connectivity index (χ1n) is 6.16. The smallest absolute Gasteiger partial charge is 0.159 e. The van der Waals surface area contributed by atoms with Gasteiger partial charge in [0.1, 0.15) is 0 Å². The van der Waals surface area contributed by atoms with Crippen LogP contribution in [0.2, 0.25) is 0 Å². The number of hydrogen-bond acceptors (Lipinski definition) is 2. The Labute approximate surface area is 96.3 Å². The van der Waals surface area contributed by atoms with Crippen molar-refractivity contribution in [1.82, 2.24) is 0 Å². The Morgan fingerprint density at radius 2 is 2.19 bits per heavy atom. The second kappa shape index (κ2) is 3.62. The van der Waals surface area contributed by atoms with Crippen LogP contribution in [0.1, 0.15) is 42.1 Å². The molecule has 0 unspecified atom stereocenters. The van der Waals surface area contributed by atoms with Gasteiger partial charge in [-0.25, -0.2) is 0 Å². The van der Waals surface area contributed by atoms with Gasteiger partial charge < -0.3 is 4.90 Å².